The van der Waals surface area contributed by atoms with Crippen molar-refractivity contribution in [1.29, 1.82) is 0 Å². The lowest BCUT2D eigenvalue weighted by molar-refractivity contribution is 0.0133. The van der Waals surface area contributed by atoms with Crippen LogP contribution < -0.4 is 11.5 Å². The predicted octanol–water partition coefficient (Wildman–Crippen LogP) is 1.47. The second kappa shape index (κ2) is 12.4. The number of alkyl halides is 3. The van der Waals surface area contributed by atoms with E-state index in [1.165, 1.54) is 0 Å². The Hall–Kier alpha value is 0.670. The summed E-state index contributed by atoms with van der Waals surface area (Å²) < 4.78 is 14.4. The molecular formula is C11H23Cl3N2O3. The van der Waals surface area contributed by atoms with Gasteiger partial charge >= 0.3 is 0 Å². The Kier molecular flexibility index (Phi) is 12.9. The minimum Gasteiger partial charge on any atom is -0.379 e. The monoisotopic (exact) mass is 336 g/mol. The van der Waals surface area contributed by atoms with Gasteiger partial charge in [-0.1, -0.05) is 34.8 Å². The first-order chi connectivity index (χ1) is 8.98. The van der Waals surface area contributed by atoms with Crippen molar-refractivity contribution in [2.24, 2.45) is 11.5 Å². The van der Waals surface area contributed by atoms with Crippen LogP contribution in [-0.4, -0.2) is 56.0 Å². The van der Waals surface area contributed by atoms with Crippen LogP contribution in [0.25, 0.3) is 0 Å². The average molecular weight is 338 g/mol. The lowest BCUT2D eigenvalue weighted by Gasteiger charge is -2.19. The van der Waals surface area contributed by atoms with E-state index in [4.69, 9.17) is 60.5 Å². The highest BCUT2D eigenvalue weighted by atomic mass is 35.6. The summed E-state index contributed by atoms with van der Waals surface area (Å²) in [6, 6.07) is -0.533. The first kappa shape index (κ1) is 19.7. The summed E-state index contributed by atoms with van der Waals surface area (Å²) in [5, 5.41) is 0. The molecule has 8 heteroatoms. The number of hydrogen-bond acceptors (Lipinski definition) is 5. The van der Waals surface area contributed by atoms with E-state index in [0.29, 0.717) is 52.6 Å². The molecule has 4 N–H and O–H groups in total. The van der Waals surface area contributed by atoms with Crippen LogP contribution in [0.15, 0.2) is 0 Å². The zero-order valence-electron chi connectivity index (χ0n) is 11.0. The van der Waals surface area contributed by atoms with Crippen LogP contribution >= 0.6 is 34.8 Å². The van der Waals surface area contributed by atoms with Crippen LogP contribution in [0.4, 0.5) is 0 Å². The molecule has 0 aromatic carbocycles. The standard InChI is InChI=1S/C11H23Cl3N2O3/c12-11(13,14)10(16)2-5-18-7-9-19-8-6-17-4-1-3-15/h10H,1-9,15-16H2. The highest BCUT2D eigenvalue weighted by Crippen LogP contribution is 2.30. The van der Waals surface area contributed by atoms with Gasteiger partial charge in [0.05, 0.1) is 32.5 Å². The Labute approximate surface area is 129 Å². The van der Waals surface area contributed by atoms with Crippen LogP contribution in [0.2, 0.25) is 0 Å². The molecule has 19 heavy (non-hydrogen) atoms. The molecule has 0 saturated heterocycles. The third-order valence-corrected chi connectivity index (χ3v) is 3.07. The van der Waals surface area contributed by atoms with Crippen molar-refractivity contribution < 1.29 is 14.2 Å². The van der Waals surface area contributed by atoms with E-state index < -0.39 is 9.83 Å². The van der Waals surface area contributed by atoms with Gasteiger partial charge in [-0.2, -0.15) is 0 Å². The smallest absolute Gasteiger partial charge is 0.205 e. The molecule has 0 saturated carbocycles. The van der Waals surface area contributed by atoms with E-state index in [1.807, 2.05) is 0 Å². The minimum atomic E-state index is -1.44. The van der Waals surface area contributed by atoms with E-state index in [1.54, 1.807) is 0 Å². The molecule has 0 fully saturated rings. The van der Waals surface area contributed by atoms with Crippen LogP contribution in [0.3, 0.4) is 0 Å². The third-order valence-electron chi connectivity index (χ3n) is 2.23. The quantitative estimate of drug-likeness (QED) is 0.416. The highest BCUT2D eigenvalue weighted by molar-refractivity contribution is 6.68. The molecule has 1 unspecified atom stereocenters. The molecule has 0 aliphatic rings. The Morgan fingerprint density at radius 3 is 1.79 bits per heavy atom. The summed E-state index contributed by atoms with van der Waals surface area (Å²) in [6.45, 7) is 3.85. The molecule has 1 atom stereocenters. The van der Waals surface area contributed by atoms with Crippen LogP contribution in [0.1, 0.15) is 12.8 Å². The largest absolute Gasteiger partial charge is 0.379 e. The van der Waals surface area contributed by atoms with Gasteiger partial charge in [0, 0.05) is 13.2 Å². The lowest BCUT2D eigenvalue weighted by atomic mass is 10.2. The number of ether oxygens (including phenoxy) is 3. The SMILES string of the molecule is NCCCOCCOCCOCCC(N)C(Cl)(Cl)Cl. The van der Waals surface area contributed by atoms with Gasteiger partial charge in [0.2, 0.25) is 3.79 Å². The summed E-state index contributed by atoms with van der Waals surface area (Å²) in [5.41, 5.74) is 11.0. The van der Waals surface area contributed by atoms with Gasteiger partial charge in [-0.25, -0.2) is 0 Å². The van der Waals surface area contributed by atoms with E-state index in [0.717, 1.165) is 6.42 Å². The van der Waals surface area contributed by atoms with E-state index in [-0.39, 0.29) is 0 Å². The van der Waals surface area contributed by atoms with Gasteiger partial charge in [0.25, 0.3) is 0 Å². The first-order valence-corrected chi connectivity index (χ1v) is 7.37. The second-order valence-corrected chi connectivity index (χ2v) is 6.29. The maximum atomic E-state index is 5.64. The van der Waals surface area contributed by atoms with Crippen molar-refractivity contribution in [3.05, 3.63) is 0 Å². The summed E-state index contributed by atoms with van der Waals surface area (Å²) in [5.74, 6) is 0. The predicted molar refractivity (Wildman–Crippen MR) is 79.0 cm³/mol. The third kappa shape index (κ3) is 13.4. The summed E-state index contributed by atoms with van der Waals surface area (Å²) in [4.78, 5) is 0. The average Bonchev–Trinajstić information content (AvgIpc) is 2.34. The fourth-order valence-electron chi connectivity index (χ4n) is 1.10. The first-order valence-electron chi connectivity index (χ1n) is 6.24. The van der Waals surface area contributed by atoms with Crippen molar-refractivity contribution in [1.82, 2.24) is 0 Å². The van der Waals surface area contributed by atoms with Crippen LogP contribution in [0, 0.1) is 0 Å². The molecule has 0 spiro atoms. The molecule has 116 valence electrons. The number of nitrogens with two attached hydrogens (primary N) is 2. The molecule has 0 rings (SSSR count). The van der Waals surface area contributed by atoms with Crippen molar-refractivity contribution in [2.45, 2.75) is 22.7 Å². The number of rotatable bonds is 12. The second-order valence-electron chi connectivity index (χ2n) is 3.92. The van der Waals surface area contributed by atoms with Gasteiger partial charge in [-0.3, -0.25) is 0 Å². The van der Waals surface area contributed by atoms with Crippen LogP contribution in [-0.2, 0) is 14.2 Å². The molecule has 0 aromatic heterocycles. The Morgan fingerprint density at radius 1 is 0.842 bits per heavy atom. The topological polar surface area (TPSA) is 79.7 Å². The highest BCUT2D eigenvalue weighted by Gasteiger charge is 2.28. The zero-order chi connectivity index (χ0) is 14.6. The van der Waals surface area contributed by atoms with Crippen molar-refractivity contribution >= 4 is 34.8 Å². The zero-order valence-corrected chi connectivity index (χ0v) is 13.2. The van der Waals surface area contributed by atoms with E-state index in [9.17, 15) is 0 Å². The van der Waals surface area contributed by atoms with Crippen molar-refractivity contribution in [2.75, 3.05) is 46.2 Å². The molecule has 0 amide bonds. The maximum absolute atomic E-state index is 5.64. The van der Waals surface area contributed by atoms with E-state index in [2.05, 4.69) is 0 Å². The van der Waals surface area contributed by atoms with Gasteiger partial charge < -0.3 is 25.7 Å². The number of halogens is 3. The maximum Gasteiger partial charge on any atom is 0.205 e. The minimum absolute atomic E-state index is 0.436. The van der Waals surface area contributed by atoms with Gasteiger partial charge in [-0.05, 0) is 19.4 Å². The molecule has 0 aliphatic heterocycles. The molecule has 0 aromatic rings. The molecule has 0 bridgehead atoms. The molecule has 0 heterocycles. The Bertz CT molecular complexity index is 206. The molecule has 5 nitrogen and oxygen atoms in total. The Morgan fingerprint density at radius 2 is 1.32 bits per heavy atom. The molecule has 0 radical (unpaired) electrons. The Balaban J connectivity index is 3.15. The fraction of sp³-hybridized carbons (Fsp3) is 1.00. The molecule has 0 aliphatic carbocycles. The summed E-state index contributed by atoms with van der Waals surface area (Å²) >= 11 is 16.9. The molecular weight excluding hydrogens is 314 g/mol. The lowest BCUT2D eigenvalue weighted by Crippen LogP contribution is -2.35. The fourth-order valence-corrected chi connectivity index (χ4v) is 1.43. The van der Waals surface area contributed by atoms with Crippen LogP contribution in [0.5, 0.6) is 0 Å². The van der Waals surface area contributed by atoms with Gasteiger partial charge in [0.1, 0.15) is 0 Å². The normalized spacial score (nSPS) is 13.7. The number of hydrogen-bond donors (Lipinski definition) is 2. The van der Waals surface area contributed by atoms with Crippen molar-refractivity contribution in [3.63, 3.8) is 0 Å². The van der Waals surface area contributed by atoms with Crippen molar-refractivity contribution in [3.8, 4) is 0 Å². The van der Waals surface area contributed by atoms with Gasteiger partial charge in [-0.15, -0.1) is 0 Å². The van der Waals surface area contributed by atoms with E-state index >= 15 is 0 Å². The summed E-state index contributed by atoms with van der Waals surface area (Å²) in [6.07, 6.45) is 1.35. The summed E-state index contributed by atoms with van der Waals surface area (Å²) in [7, 11) is 0. The van der Waals surface area contributed by atoms with Gasteiger partial charge in [0.15, 0.2) is 0 Å².